The molecule has 3 heterocycles. The van der Waals surface area contributed by atoms with Gasteiger partial charge in [-0.05, 0) is 34.0 Å². The van der Waals surface area contributed by atoms with Crippen LogP contribution in [0.2, 0.25) is 0 Å². The number of aliphatic hydroxyl groups excluding tert-OH is 1. The van der Waals surface area contributed by atoms with Crippen LogP contribution in [0.25, 0.3) is 32.7 Å². The monoisotopic (exact) mass is 464 g/mol. The average molecular weight is 465 g/mol. The van der Waals surface area contributed by atoms with Gasteiger partial charge in [0.1, 0.15) is 6.33 Å². The maximum Gasteiger partial charge on any atom is 0.165 e. The number of hydrogen-bond donors (Lipinski definition) is 1. The Morgan fingerprint density at radius 3 is 2.40 bits per heavy atom. The van der Waals surface area contributed by atoms with Gasteiger partial charge in [-0.1, -0.05) is 53.7 Å². The predicted molar refractivity (Wildman–Crippen MR) is 136 cm³/mol. The molecule has 1 aliphatic carbocycles. The molecule has 0 unspecified atom stereocenters. The van der Waals surface area contributed by atoms with E-state index in [0.717, 1.165) is 49.8 Å². The molecule has 0 saturated heterocycles. The first-order valence-electron chi connectivity index (χ1n) is 11.8. The Kier molecular flexibility index (Phi) is 4.35. The van der Waals surface area contributed by atoms with E-state index in [4.69, 9.17) is 4.84 Å². The first-order chi connectivity index (χ1) is 17.1. The number of rotatable bonds is 3. The van der Waals surface area contributed by atoms with Crippen LogP contribution < -0.4 is 4.90 Å². The Bertz CT molecular complexity index is 1590. The van der Waals surface area contributed by atoms with Gasteiger partial charge in [-0.3, -0.25) is 0 Å². The number of aliphatic hydroxyl groups is 1. The van der Waals surface area contributed by atoms with Crippen molar-refractivity contribution in [1.29, 1.82) is 0 Å². The zero-order chi connectivity index (χ0) is 23.7. The number of fused-ring (bicyclic) bond motifs is 4. The van der Waals surface area contributed by atoms with Crippen LogP contribution in [-0.2, 0) is 4.84 Å². The third-order valence-electron chi connectivity index (χ3n) is 7.37. The summed E-state index contributed by atoms with van der Waals surface area (Å²) in [5.74, 6) is 0.620. The minimum Gasteiger partial charge on any atom is -0.389 e. The fourth-order valence-electron chi connectivity index (χ4n) is 5.84. The lowest BCUT2D eigenvalue weighted by molar-refractivity contribution is -0.0104. The van der Waals surface area contributed by atoms with Gasteiger partial charge in [0.2, 0.25) is 0 Å². The quantitative estimate of drug-likeness (QED) is 0.407. The molecule has 1 saturated carbocycles. The summed E-state index contributed by atoms with van der Waals surface area (Å²) < 4.78 is 2.06. The maximum absolute atomic E-state index is 11.0. The van der Waals surface area contributed by atoms with Crippen molar-refractivity contribution in [3.63, 3.8) is 0 Å². The molecule has 4 atom stereocenters. The van der Waals surface area contributed by atoms with Gasteiger partial charge in [0.05, 0.1) is 30.1 Å². The molecule has 2 aromatic heterocycles. The number of anilines is 1. The lowest BCUT2D eigenvalue weighted by Crippen LogP contribution is -2.29. The van der Waals surface area contributed by atoms with Crippen LogP contribution in [0.15, 0.2) is 72.4 Å². The van der Waals surface area contributed by atoms with Gasteiger partial charge >= 0.3 is 0 Å². The largest absolute Gasteiger partial charge is 0.389 e. The normalized spacial score (nSPS) is 23.6. The average Bonchev–Trinajstić information content (AvgIpc) is 3.57. The number of oxime groups is 1. The van der Waals surface area contributed by atoms with Gasteiger partial charge in [-0.2, -0.15) is 0 Å². The smallest absolute Gasteiger partial charge is 0.165 e. The summed E-state index contributed by atoms with van der Waals surface area (Å²) in [6.07, 6.45) is 2.85. The summed E-state index contributed by atoms with van der Waals surface area (Å²) >= 11 is 0. The van der Waals surface area contributed by atoms with Crippen LogP contribution in [0.3, 0.4) is 0 Å². The van der Waals surface area contributed by atoms with Crippen LogP contribution in [0, 0.1) is 5.92 Å². The van der Waals surface area contributed by atoms with E-state index in [9.17, 15) is 5.11 Å². The molecular weight excluding hydrogens is 440 g/mol. The van der Waals surface area contributed by atoms with E-state index >= 15 is 0 Å². The van der Waals surface area contributed by atoms with Gasteiger partial charge in [-0.25, -0.2) is 15.0 Å². The molecule has 5 aromatic rings. The fourth-order valence-corrected chi connectivity index (χ4v) is 5.84. The molecule has 35 heavy (non-hydrogen) atoms. The van der Waals surface area contributed by atoms with Gasteiger partial charge in [0, 0.05) is 19.7 Å². The highest BCUT2D eigenvalue weighted by Crippen LogP contribution is 2.46. The molecule has 0 radical (unpaired) electrons. The maximum atomic E-state index is 11.0. The number of aromatic nitrogens is 4. The zero-order valence-electron chi connectivity index (χ0n) is 19.4. The molecule has 0 amide bonds. The first kappa shape index (κ1) is 20.3. The molecule has 1 aliphatic heterocycles. The summed E-state index contributed by atoms with van der Waals surface area (Å²) in [6.45, 7) is 0. The Labute approximate surface area is 201 Å². The Hall–Kier alpha value is -4.04. The van der Waals surface area contributed by atoms with Gasteiger partial charge < -0.3 is 19.4 Å². The molecule has 0 bridgehead atoms. The minimum atomic E-state index is -0.639. The third kappa shape index (κ3) is 2.89. The predicted octanol–water partition coefficient (Wildman–Crippen LogP) is 3.92. The van der Waals surface area contributed by atoms with Crippen LogP contribution in [0.4, 0.5) is 5.82 Å². The lowest BCUT2D eigenvalue weighted by atomic mass is 9.85. The van der Waals surface area contributed by atoms with E-state index in [0.29, 0.717) is 6.42 Å². The van der Waals surface area contributed by atoms with Crippen LogP contribution >= 0.6 is 0 Å². The Balaban J connectivity index is 1.43. The second kappa shape index (κ2) is 7.48. The summed E-state index contributed by atoms with van der Waals surface area (Å²) in [5, 5.41) is 20.2. The Morgan fingerprint density at radius 2 is 1.69 bits per heavy atom. The fraction of sp³-hybridized carbons (Fsp3) is 0.259. The summed E-state index contributed by atoms with van der Waals surface area (Å²) in [4.78, 5) is 21.5. The van der Waals surface area contributed by atoms with Crippen LogP contribution in [-0.4, -0.2) is 56.6 Å². The van der Waals surface area contributed by atoms with Gasteiger partial charge in [-0.15, -0.1) is 0 Å². The van der Waals surface area contributed by atoms with Crippen LogP contribution in [0.1, 0.15) is 18.0 Å². The van der Waals surface area contributed by atoms with Crippen LogP contribution in [0.5, 0.6) is 0 Å². The number of nitrogens with zero attached hydrogens (tertiary/aromatic N) is 6. The highest BCUT2D eigenvalue weighted by molar-refractivity contribution is 6.22. The van der Waals surface area contributed by atoms with E-state index in [1.54, 1.807) is 6.33 Å². The summed E-state index contributed by atoms with van der Waals surface area (Å²) in [5.41, 5.74) is 3.42. The van der Waals surface area contributed by atoms with E-state index in [-0.39, 0.29) is 12.0 Å². The SMILES string of the molecule is CN(C)c1ncnc2c1ncn2[C@@H]1C[C@H](O)[C@H]2ON=C(c3c4ccccc4cc4ccccc34)[C@H]21. The summed E-state index contributed by atoms with van der Waals surface area (Å²) in [7, 11) is 3.88. The third-order valence-corrected chi connectivity index (χ3v) is 7.37. The highest BCUT2D eigenvalue weighted by Gasteiger charge is 2.52. The van der Waals surface area contributed by atoms with Crippen molar-refractivity contribution in [2.45, 2.75) is 24.7 Å². The van der Waals surface area contributed by atoms with Crippen molar-refractivity contribution in [3.8, 4) is 0 Å². The molecule has 3 aromatic carbocycles. The molecule has 1 fully saturated rings. The molecule has 1 N–H and O–H groups in total. The van der Waals surface area contributed by atoms with E-state index in [2.05, 4.69) is 79.3 Å². The second-order valence-electron chi connectivity index (χ2n) is 9.55. The van der Waals surface area contributed by atoms with E-state index in [1.807, 2.05) is 25.3 Å². The standard InChI is InChI=1S/C27H24N6O2/c1-32(2)26-24-27(29-13-28-26)33(14-30-24)19-12-20(34)25-22(19)23(31-35-25)21-17-9-5-3-7-15(17)11-16-8-4-6-10-18(16)21/h3-11,13-14,19-20,22,25,34H,12H2,1-2H3/t19-,20+,22-,25-/m1/s1. The minimum absolute atomic E-state index is 0.108. The molecule has 2 aliphatic rings. The van der Waals surface area contributed by atoms with E-state index in [1.165, 1.54) is 0 Å². The lowest BCUT2D eigenvalue weighted by Gasteiger charge is -2.22. The number of imidazole rings is 1. The molecule has 174 valence electrons. The highest BCUT2D eigenvalue weighted by atomic mass is 16.7. The van der Waals surface area contributed by atoms with Gasteiger partial charge in [0.15, 0.2) is 23.1 Å². The van der Waals surface area contributed by atoms with Crippen molar-refractivity contribution in [3.05, 3.63) is 72.8 Å². The van der Waals surface area contributed by atoms with Crippen molar-refractivity contribution in [1.82, 2.24) is 19.5 Å². The Morgan fingerprint density at radius 1 is 0.971 bits per heavy atom. The second-order valence-corrected chi connectivity index (χ2v) is 9.55. The first-order valence-corrected chi connectivity index (χ1v) is 11.8. The van der Waals surface area contributed by atoms with Crippen molar-refractivity contribution < 1.29 is 9.94 Å². The number of benzene rings is 3. The molecular formula is C27H24N6O2. The summed E-state index contributed by atoms with van der Waals surface area (Å²) in [6, 6.07) is 18.9. The topological polar surface area (TPSA) is 88.7 Å². The van der Waals surface area contributed by atoms with Crippen molar-refractivity contribution >= 4 is 44.2 Å². The van der Waals surface area contributed by atoms with Crippen molar-refractivity contribution in [2.24, 2.45) is 11.1 Å². The van der Waals surface area contributed by atoms with Crippen molar-refractivity contribution in [2.75, 3.05) is 19.0 Å². The molecule has 8 heteroatoms. The van der Waals surface area contributed by atoms with E-state index < -0.39 is 12.2 Å². The zero-order valence-corrected chi connectivity index (χ0v) is 19.4. The molecule has 0 spiro atoms. The molecule has 7 rings (SSSR count). The van der Waals surface area contributed by atoms with Gasteiger partial charge in [0.25, 0.3) is 0 Å². The molecule has 8 nitrogen and oxygen atoms in total. The number of hydrogen-bond acceptors (Lipinski definition) is 7.